The van der Waals surface area contributed by atoms with Gasteiger partial charge in [-0.05, 0) is 49.6 Å². The molecule has 1 aliphatic heterocycles. The Morgan fingerprint density at radius 1 is 0.810 bits per heavy atom. The fourth-order valence-electron chi connectivity index (χ4n) is 2.63. The van der Waals surface area contributed by atoms with Crippen LogP contribution in [0.1, 0.15) is 37.4 Å². The highest BCUT2D eigenvalue weighted by Crippen LogP contribution is 2.33. The smallest absolute Gasteiger partial charge is 0.266 e. The van der Waals surface area contributed by atoms with E-state index in [0.29, 0.717) is 16.8 Å². The molecule has 21 heavy (non-hydrogen) atoms. The highest BCUT2D eigenvalue weighted by Gasteiger charge is 2.38. The predicted octanol–water partition coefficient (Wildman–Crippen LogP) is 4.17. The molecule has 0 aromatic heterocycles. The van der Waals surface area contributed by atoms with E-state index in [1.165, 1.54) is 4.90 Å². The van der Waals surface area contributed by atoms with Gasteiger partial charge in [-0.15, -0.1) is 0 Å². The molecule has 4 heteroatoms. The van der Waals surface area contributed by atoms with E-state index in [0.717, 1.165) is 21.2 Å². The highest BCUT2D eigenvalue weighted by atomic mass is 79.9. The van der Waals surface area contributed by atoms with Crippen molar-refractivity contribution in [2.75, 3.05) is 4.90 Å². The van der Waals surface area contributed by atoms with Gasteiger partial charge in [0.15, 0.2) is 0 Å². The summed E-state index contributed by atoms with van der Waals surface area (Å²) in [5.41, 5.74) is 4.37. The Bertz CT molecular complexity index is 755. The normalized spacial score (nSPS) is 13.8. The molecule has 106 valence electrons. The number of hydrogen-bond donors (Lipinski definition) is 0. The van der Waals surface area contributed by atoms with Crippen LogP contribution in [0.2, 0.25) is 0 Å². The van der Waals surface area contributed by atoms with Crippen molar-refractivity contribution in [3.63, 3.8) is 0 Å². The van der Waals surface area contributed by atoms with Gasteiger partial charge < -0.3 is 0 Å². The molecule has 0 fully saturated rings. The van der Waals surface area contributed by atoms with Crippen molar-refractivity contribution in [3.05, 3.63) is 62.6 Å². The monoisotopic (exact) mass is 343 g/mol. The van der Waals surface area contributed by atoms with Crippen LogP contribution in [0.3, 0.4) is 0 Å². The van der Waals surface area contributed by atoms with E-state index < -0.39 is 0 Å². The first-order valence-electron chi connectivity index (χ1n) is 6.67. The quantitative estimate of drug-likeness (QED) is 0.728. The molecule has 0 spiro atoms. The fourth-order valence-corrected chi connectivity index (χ4v) is 3.00. The lowest BCUT2D eigenvalue weighted by Crippen LogP contribution is -2.29. The molecule has 0 radical (unpaired) electrons. The first-order valence-corrected chi connectivity index (χ1v) is 7.46. The minimum absolute atomic E-state index is 0.244. The van der Waals surface area contributed by atoms with E-state index in [2.05, 4.69) is 15.9 Å². The zero-order valence-corrected chi connectivity index (χ0v) is 13.6. The van der Waals surface area contributed by atoms with Crippen LogP contribution in [0.5, 0.6) is 0 Å². The Hall–Kier alpha value is -1.94. The minimum atomic E-state index is -0.244. The molecule has 0 bridgehead atoms. The van der Waals surface area contributed by atoms with Gasteiger partial charge in [-0.25, -0.2) is 4.90 Å². The van der Waals surface area contributed by atoms with Gasteiger partial charge in [0.05, 0.1) is 16.8 Å². The Balaban J connectivity index is 2.18. The molecule has 0 atom stereocenters. The number of carbonyl (C=O) groups excluding carboxylic acids is 2. The van der Waals surface area contributed by atoms with Crippen molar-refractivity contribution >= 4 is 33.4 Å². The van der Waals surface area contributed by atoms with Gasteiger partial charge in [0.2, 0.25) is 0 Å². The first-order chi connectivity index (χ1) is 9.91. The maximum absolute atomic E-state index is 12.7. The maximum atomic E-state index is 12.7. The van der Waals surface area contributed by atoms with Crippen LogP contribution in [-0.4, -0.2) is 11.8 Å². The molecule has 3 rings (SSSR count). The molecule has 3 nitrogen and oxygen atoms in total. The van der Waals surface area contributed by atoms with Crippen LogP contribution in [0.25, 0.3) is 0 Å². The van der Waals surface area contributed by atoms with Gasteiger partial charge >= 0.3 is 0 Å². The number of nitrogens with zero attached hydrogens (tertiary/aromatic N) is 1. The zero-order chi connectivity index (χ0) is 15.3. The Labute approximate surface area is 131 Å². The molecule has 2 aromatic rings. The molecular weight excluding hydrogens is 330 g/mol. The lowest BCUT2D eigenvalue weighted by molar-refractivity contribution is 0.0926. The van der Waals surface area contributed by atoms with Gasteiger partial charge in [0, 0.05) is 4.47 Å². The lowest BCUT2D eigenvalue weighted by atomic mass is 9.99. The molecule has 2 amide bonds. The highest BCUT2D eigenvalue weighted by molar-refractivity contribution is 9.10. The number of benzene rings is 2. The SMILES string of the molecule is Cc1ccc(N2C(=O)c3c(C)ccc(C)c3C2=O)cc1Br. The lowest BCUT2D eigenvalue weighted by Gasteiger charge is -2.15. The predicted molar refractivity (Wildman–Crippen MR) is 85.9 cm³/mol. The molecule has 0 saturated heterocycles. The van der Waals surface area contributed by atoms with Crippen LogP contribution in [0.4, 0.5) is 5.69 Å². The van der Waals surface area contributed by atoms with Crippen molar-refractivity contribution in [2.24, 2.45) is 0 Å². The number of amides is 2. The topological polar surface area (TPSA) is 37.4 Å². The summed E-state index contributed by atoms with van der Waals surface area (Å²) in [5, 5.41) is 0. The number of rotatable bonds is 1. The van der Waals surface area contributed by atoms with Crippen LogP contribution in [0, 0.1) is 20.8 Å². The standard InChI is InChI=1S/C17H14BrNO2/c1-9-6-7-12(8-13(9)18)19-16(20)14-10(2)4-5-11(3)15(14)17(19)21/h4-8H,1-3H3. The number of carbonyl (C=O) groups is 2. The summed E-state index contributed by atoms with van der Waals surface area (Å²) in [6.45, 7) is 5.68. The van der Waals surface area contributed by atoms with E-state index in [1.54, 1.807) is 6.07 Å². The Kier molecular flexibility index (Phi) is 3.21. The minimum Gasteiger partial charge on any atom is -0.268 e. The largest absolute Gasteiger partial charge is 0.268 e. The average molecular weight is 344 g/mol. The summed E-state index contributed by atoms with van der Waals surface area (Å²) in [6.07, 6.45) is 0. The van der Waals surface area contributed by atoms with Gasteiger partial charge in [0.1, 0.15) is 0 Å². The van der Waals surface area contributed by atoms with Crippen molar-refractivity contribution in [1.29, 1.82) is 0 Å². The number of aryl methyl sites for hydroxylation is 3. The Morgan fingerprint density at radius 3 is 1.76 bits per heavy atom. The van der Waals surface area contributed by atoms with E-state index in [4.69, 9.17) is 0 Å². The molecule has 1 aliphatic rings. The molecular formula is C17H14BrNO2. The number of anilines is 1. The summed E-state index contributed by atoms with van der Waals surface area (Å²) in [4.78, 5) is 26.6. The molecule has 0 saturated carbocycles. The van der Waals surface area contributed by atoms with E-state index in [1.807, 2.05) is 45.0 Å². The summed E-state index contributed by atoms with van der Waals surface area (Å²) in [5.74, 6) is -0.487. The van der Waals surface area contributed by atoms with Crippen molar-refractivity contribution in [1.82, 2.24) is 0 Å². The third kappa shape index (κ3) is 2.02. The molecule has 0 unspecified atom stereocenters. The number of halogens is 1. The van der Waals surface area contributed by atoms with Crippen molar-refractivity contribution in [3.8, 4) is 0 Å². The van der Waals surface area contributed by atoms with E-state index >= 15 is 0 Å². The van der Waals surface area contributed by atoms with Gasteiger partial charge in [-0.3, -0.25) is 9.59 Å². The van der Waals surface area contributed by atoms with Crippen molar-refractivity contribution in [2.45, 2.75) is 20.8 Å². The van der Waals surface area contributed by atoms with E-state index in [-0.39, 0.29) is 11.8 Å². The zero-order valence-electron chi connectivity index (χ0n) is 12.0. The maximum Gasteiger partial charge on any atom is 0.266 e. The fraction of sp³-hybridized carbons (Fsp3) is 0.176. The second-order valence-electron chi connectivity index (χ2n) is 5.33. The second-order valence-corrected chi connectivity index (χ2v) is 6.18. The first kappa shape index (κ1) is 14.0. The van der Waals surface area contributed by atoms with E-state index in [9.17, 15) is 9.59 Å². The summed E-state index contributed by atoms with van der Waals surface area (Å²) >= 11 is 3.45. The molecule has 0 aliphatic carbocycles. The van der Waals surface area contributed by atoms with Crippen LogP contribution in [0.15, 0.2) is 34.8 Å². The summed E-state index contributed by atoms with van der Waals surface area (Å²) < 4.78 is 0.880. The third-order valence-electron chi connectivity index (χ3n) is 3.87. The van der Waals surface area contributed by atoms with Gasteiger partial charge in [-0.1, -0.05) is 34.1 Å². The summed E-state index contributed by atoms with van der Waals surface area (Å²) in [6, 6.07) is 9.26. The molecule has 2 aromatic carbocycles. The van der Waals surface area contributed by atoms with Crippen LogP contribution in [-0.2, 0) is 0 Å². The van der Waals surface area contributed by atoms with Gasteiger partial charge in [-0.2, -0.15) is 0 Å². The van der Waals surface area contributed by atoms with Gasteiger partial charge in [0.25, 0.3) is 11.8 Å². The van der Waals surface area contributed by atoms with Crippen LogP contribution < -0.4 is 4.90 Å². The van der Waals surface area contributed by atoms with Crippen LogP contribution >= 0.6 is 15.9 Å². The number of hydrogen-bond acceptors (Lipinski definition) is 2. The third-order valence-corrected chi connectivity index (χ3v) is 4.72. The number of fused-ring (bicyclic) bond motifs is 1. The average Bonchev–Trinajstić information content (AvgIpc) is 2.70. The number of imide groups is 1. The van der Waals surface area contributed by atoms with Crippen molar-refractivity contribution < 1.29 is 9.59 Å². The second kappa shape index (κ2) is 4.81. The summed E-state index contributed by atoms with van der Waals surface area (Å²) in [7, 11) is 0. The molecule has 1 heterocycles. The molecule has 0 N–H and O–H groups in total. The Morgan fingerprint density at radius 2 is 1.29 bits per heavy atom.